The Morgan fingerprint density at radius 2 is 1.94 bits per heavy atom. The van der Waals surface area contributed by atoms with Gasteiger partial charge < -0.3 is 14.8 Å². The molecule has 0 spiro atoms. The first-order valence-corrected chi connectivity index (χ1v) is 11.8. The molecule has 8 nitrogen and oxygen atoms in total. The summed E-state index contributed by atoms with van der Waals surface area (Å²) in [7, 11) is 1.57. The van der Waals surface area contributed by atoms with Crippen molar-refractivity contribution in [3.8, 4) is 0 Å². The van der Waals surface area contributed by atoms with Crippen molar-refractivity contribution in [1.29, 1.82) is 0 Å². The fourth-order valence-electron chi connectivity index (χ4n) is 3.03. The zero-order valence-electron chi connectivity index (χ0n) is 18.4. The highest BCUT2D eigenvalue weighted by Gasteiger charge is 2.18. The minimum Gasteiger partial charge on any atom is -0.462 e. The van der Waals surface area contributed by atoms with Crippen molar-refractivity contribution in [3.05, 3.63) is 50.6 Å². The van der Waals surface area contributed by atoms with Gasteiger partial charge in [0.15, 0.2) is 5.16 Å². The van der Waals surface area contributed by atoms with Gasteiger partial charge in [0.2, 0.25) is 5.91 Å². The maximum absolute atomic E-state index is 13.1. The van der Waals surface area contributed by atoms with Gasteiger partial charge in [-0.2, -0.15) is 0 Å². The summed E-state index contributed by atoms with van der Waals surface area (Å²) in [4.78, 5) is 43.7. The highest BCUT2D eigenvalue weighted by molar-refractivity contribution is 7.99. The number of fused-ring (bicyclic) bond motifs is 1. The zero-order valence-corrected chi connectivity index (χ0v) is 20.0. The zero-order chi connectivity index (χ0) is 23.3. The SMILES string of the molecule is CCOC(=O)c1ccc(NC(=O)CSc2nc3sc(C)c(C)c3c(=O)n2CCOC)cc1. The van der Waals surface area contributed by atoms with E-state index in [-0.39, 0.29) is 17.2 Å². The van der Waals surface area contributed by atoms with Crippen molar-refractivity contribution in [2.45, 2.75) is 32.5 Å². The van der Waals surface area contributed by atoms with Crippen molar-refractivity contribution in [1.82, 2.24) is 9.55 Å². The molecule has 0 aliphatic rings. The average Bonchev–Trinajstić information content (AvgIpc) is 3.06. The summed E-state index contributed by atoms with van der Waals surface area (Å²) in [5.41, 5.74) is 1.80. The number of thioether (sulfide) groups is 1. The molecule has 0 aliphatic heterocycles. The van der Waals surface area contributed by atoms with E-state index in [1.807, 2.05) is 13.8 Å². The van der Waals surface area contributed by atoms with Crippen LogP contribution in [0.2, 0.25) is 0 Å². The van der Waals surface area contributed by atoms with Crippen LogP contribution < -0.4 is 10.9 Å². The fraction of sp³-hybridized carbons (Fsp3) is 0.364. The monoisotopic (exact) mass is 475 g/mol. The molecule has 10 heteroatoms. The number of nitrogens with zero attached hydrogens (tertiary/aromatic N) is 2. The molecule has 2 heterocycles. The number of amides is 1. The van der Waals surface area contributed by atoms with E-state index in [1.54, 1.807) is 42.9 Å². The maximum Gasteiger partial charge on any atom is 0.338 e. The Morgan fingerprint density at radius 1 is 1.22 bits per heavy atom. The number of carbonyl (C=O) groups excluding carboxylic acids is 2. The van der Waals surface area contributed by atoms with Crippen molar-refractivity contribution in [2.24, 2.45) is 0 Å². The molecule has 0 saturated heterocycles. The number of thiophene rings is 1. The largest absolute Gasteiger partial charge is 0.462 e. The topological polar surface area (TPSA) is 99.5 Å². The first-order chi connectivity index (χ1) is 15.3. The third kappa shape index (κ3) is 5.37. The molecule has 0 aliphatic carbocycles. The molecule has 0 bridgehead atoms. The van der Waals surface area contributed by atoms with E-state index < -0.39 is 5.97 Å². The van der Waals surface area contributed by atoms with Crippen LogP contribution >= 0.6 is 23.1 Å². The van der Waals surface area contributed by atoms with Crippen LogP contribution in [0.25, 0.3) is 10.2 Å². The maximum atomic E-state index is 13.1. The number of esters is 1. The number of benzene rings is 1. The highest BCUT2D eigenvalue weighted by atomic mass is 32.2. The molecule has 0 atom stereocenters. The number of hydrogen-bond donors (Lipinski definition) is 1. The minimum atomic E-state index is -0.407. The van der Waals surface area contributed by atoms with E-state index in [2.05, 4.69) is 10.3 Å². The number of methoxy groups -OCH3 is 1. The van der Waals surface area contributed by atoms with Gasteiger partial charge in [0.05, 0.1) is 36.5 Å². The van der Waals surface area contributed by atoms with Crippen LogP contribution in [0.3, 0.4) is 0 Å². The number of rotatable bonds is 9. The van der Waals surface area contributed by atoms with Gasteiger partial charge in [0.25, 0.3) is 5.56 Å². The van der Waals surface area contributed by atoms with Crippen molar-refractivity contribution < 1.29 is 19.1 Å². The van der Waals surface area contributed by atoms with Crippen molar-refractivity contribution in [2.75, 3.05) is 31.4 Å². The second-order valence-corrected chi connectivity index (χ2v) is 9.09. The third-order valence-corrected chi connectivity index (χ3v) is 6.86. The van der Waals surface area contributed by atoms with E-state index >= 15 is 0 Å². The fourth-order valence-corrected chi connectivity index (χ4v) is 4.93. The van der Waals surface area contributed by atoms with Crippen LogP contribution in [0, 0.1) is 13.8 Å². The second-order valence-electron chi connectivity index (χ2n) is 6.94. The van der Waals surface area contributed by atoms with Gasteiger partial charge in [0.1, 0.15) is 4.83 Å². The predicted molar refractivity (Wildman–Crippen MR) is 127 cm³/mol. The number of aromatic nitrogens is 2. The van der Waals surface area contributed by atoms with Crippen LogP contribution in [0.1, 0.15) is 27.7 Å². The molecule has 0 radical (unpaired) electrons. The molecule has 1 N–H and O–H groups in total. The summed E-state index contributed by atoms with van der Waals surface area (Å²) in [6.45, 7) is 6.65. The quantitative estimate of drug-likeness (QED) is 0.287. The van der Waals surface area contributed by atoms with Crippen LogP contribution in [0.5, 0.6) is 0 Å². The van der Waals surface area contributed by atoms with E-state index in [9.17, 15) is 14.4 Å². The molecule has 170 valence electrons. The molecule has 0 fully saturated rings. The van der Waals surface area contributed by atoms with Crippen LogP contribution in [-0.2, 0) is 20.8 Å². The smallest absolute Gasteiger partial charge is 0.338 e. The molecule has 0 unspecified atom stereocenters. The van der Waals surface area contributed by atoms with E-state index in [4.69, 9.17) is 9.47 Å². The molecule has 1 amide bonds. The number of ether oxygens (including phenoxy) is 2. The van der Waals surface area contributed by atoms with Crippen LogP contribution in [-0.4, -0.2) is 47.5 Å². The normalized spacial score (nSPS) is 11.0. The Balaban J connectivity index is 1.74. The summed E-state index contributed by atoms with van der Waals surface area (Å²) < 4.78 is 11.7. The lowest BCUT2D eigenvalue weighted by Gasteiger charge is -2.12. The number of aryl methyl sites for hydroxylation is 2. The molecule has 2 aromatic heterocycles. The lowest BCUT2D eigenvalue weighted by molar-refractivity contribution is -0.113. The Kier molecular flexibility index (Phi) is 8.05. The Bertz CT molecular complexity index is 1180. The van der Waals surface area contributed by atoms with Gasteiger partial charge >= 0.3 is 5.97 Å². The van der Waals surface area contributed by atoms with Crippen LogP contribution in [0.4, 0.5) is 5.69 Å². The average molecular weight is 476 g/mol. The number of anilines is 1. The Morgan fingerprint density at radius 3 is 2.59 bits per heavy atom. The van der Waals surface area contributed by atoms with Gasteiger partial charge in [-0.3, -0.25) is 14.2 Å². The molecular formula is C22H25N3O5S2. The summed E-state index contributed by atoms with van der Waals surface area (Å²) in [5.74, 6) is -0.575. The van der Waals surface area contributed by atoms with Gasteiger partial charge in [0, 0.05) is 17.7 Å². The summed E-state index contributed by atoms with van der Waals surface area (Å²) >= 11 is 2.68. The Labute approximate surface area is 193 Å². The summed E-state index contributed by atoms with van der Waals surface area (Å²) in [6, 6.07) is 6.48. The number of carbonyl (C=O) groups is 2. The lowest BCUT2D eigenvalue weighted by Crippen LogP contribution is -2.26. The highest BCUT2D eigenvalue weighted by Crippen LogP contribution is 2.28. The van der Waals surface area contributed by atoms with Crippen molar-refractivity contribution >= 4 is 50.9 Å². The molecular weight excluding hydrogens is 450 g/mol. The van der Waals surface area contributed by atoms with Gasteiger partial charge in [-0.05, 0) is 50.6 Å². The first-order valence-electron chi connectivity index (χ1n) is 10.0. The number of hydrogen-bond acceptors (Lipinski definition) is 8. The standard InChI is InChI=1S/C22H25N3O5S2/c1-5-30-21(28)15-6-8-16(9-7-15)23-17(26)12-31-22-24-19-18(13(2)14(3)32-19)20(27)25(22)10-11-29-4/h6-9H,5,10-12H2,1-4H3,(H,23,26). The molecule has 3 rings (SSSR count). The van der Waals surface area contributed by atoms with Gasteiger partial charge in [-0.1, -0.05) is 11.8 Å². The van der Waals surface area contributed by atoms with Crippen LogP contribution in [0.15, 0.2) is 34.2 Å². The van der Waals surface area contributed by atoms with E-state index in [1.165, 1.54) is 23.1 Å². The molecule has 3 aromatic rings. The minimum absolute atomic E-state index is 0.0773. The summed E-state index contributed by atoms with van der Waals surface area (Å²) in [5, 5.41) is 3.89. The number of nitrogens with one attached hydrogen (secondary N) is 1. The third-order valence-electron chi connectivity index (χ3n) is 4.79. The molecule has 1 aromatic carbocycles. The van der Waals surface area contributed by atoms with E-state index in [0.29, 0.717) is 46.4 Å². The lowest BCUT2D eigenvalue weighted by atomic mass is 10.2. The molecule has 0 saturated carbocycles. The Hall–Kier alpha value is -2.69. The van der Waals surface area contributed by atoms with E-state index in [0.717, 1.165) is 10.4 Å². The summed E-state index contributed by atoms with van der Waals surface area (Å²) in [6.07, 6.45) is 0. The first kappa shape index (κ1) is 24.0. The van der Waals surface area contributed by atoms with Crippen molar-refractivity contribution in [3.63, 3.8) is 0 Å². The predicted octanol–water partition coefficient (Wildman–Crippen LogP) is 3.63. The second kappa shape index (κ2) is 10.8. The van der Waals surface area contributed by atoms with Gasteiger partial charge in [-0.15, -0.1) is 11.3 Å². The molecule has 32 heavy (non-hydrogen) atoms. The van der Waals surface area contributed by atoms with Gasteiger partial charge in [-0.25, -0.2) is 9.78 Å².